The number of aliphatic hydroxyl groups excluding tert-OH is 1. The number of nitrogens with zero attached hydrogens (tertiary/aromatic N) is 1. The zero-order valence-electron chi connectivity index (χ0n) is 11.2. The molecular weight excluding hydrogens is 267 g/mol. The number of benzene rings is 1. The quantitative estimate of drug-likeness (QED) is 0.838. The van der Waals surface area contributed by atoms with E-state index in [0.29, 0.717) is 30.9 Å². The average molecular weight is 283 g/mol. The van der Waals surface area contributed by atoms with Crippen molar-refractivity contribution in [3.8, 4) is 6.07 Å². The van der Waals surface area contributed by atoms with Crippen LogP contribution in [0, 0.1) is 40.1 Å². The molecule has 1 aliphatic carbocycles. The molecule has 108 valence electrons. The lowest BCUT2D eigenvalue weighted by Gasteiger charge is -2.37. The molecule has 2 nitrogen and oxygen atoms in total. The van der Waals surface area contributed by atoms with Gasteiger partial charge in [-0.25, -0.2) is 13.2 Å². The van der Waals surface area contributed by atoms with Gasteiger partial charge < -0.3 is 5.11 Å². The van der Waals surface area contributed by atoms with Crippen molar-refractivity contribution in [2.75, 3.05) is 0 Å². The summed E-state index contributed by atoms with van der Waals surface area (Å²) in [6.45, 7) is 2.05. The third kappa shape index (κ3) is 2.53. The maximum Gasteiger partial charge on any atom is 0.161 e. The highest BCUT2D eigenvalue weighted by Gasteiger charge is 2.43. The molecule has 1 fully saturated rings. The first kappa shape index (κ1) is 14.9. The number of nitriles is 1. The fraction of sp³-hybridized carbons (Fsp3) is 0.533. The van der Waals surface area contributed by atoms with Crippen LogP contribution >= 0.6 is 0 Å². The molecule has 1 N–H and O–H groups in total. The minimum absolute atomic E-state index is 0.347. The van der Waals surface area contributed by atoms with Crippen molar-refractivity contribution in [3.05, 3.63) is 35.1 Å². The highest BCUT2D eigenvalue weighted by molar-refractivity contribution is 5.26. The monoisotopic (exact) mass is 283 g/mol. The van der Waals surface area contributed by atoms with Gasteiger partial charge in [-0.05, 0) is 37.7 Å². The summed E-state index contributed by atoms with van der Waals surface area (Å²) in [5.74, 6) is -3.11. The molecule has 20 heavy (non-hydrogen) atoms. The van der Waals surface area contributed by atoms with E-state index in [1.54, 1.807) is 0 Å². The van der Waals surface area contributed by atoms with Crippen LogP contribution in [0.25, 0.3) is 0 Å². The summed E-state index contributed by atoms with van der Waals surface area (Å²) < 4.78 is 39.9. The summed E-state index contributed by atoms with van der Waals surface area (Å²) in [7, 11) is 0. The summed E-state index contributed by atoms with van der Waals surface area (Å²) >= 11 is 0. The minimum Gasteiger partial charge on any atom is -0.387 e. The van der Waals surface area contributed by atoms with E-state index in [1.165, 1.54) is 0 Å². The van der Waals surface area contributed by atoms with Gasteiger partial charge in [0.2, 0.25) is 0 Å². The first-order chi connectivity index (χ1) is 9.39. The summed E-state index contributed by atoms with van der Waals surface area (Å²) in [6, 6.07) is 3.12. The Hall–Kier alpha value is -1.54. The Morgan fingerprint density at radius 3 is 2.30 bits per heavy atom. The van der Waals surface area contributed by atoms with Gasteiger partial charge >= 0.3 is 0 Å². The zero-order valence-corrected chi connectivity index (χ0v) is 11.2. The second kappa shape index (κ2) is 5.45. The molecule has 0 amide bonds. The number of aliphatic hydroxyl groups is 1. The molecule has 1 aliphatic rings. The Balaban J connectivity index is 2.37. The second-order valence-electron chi connectivity index (χ2n) is 5.64. The molecule has 0 bridgehead atoms. The molecule has 1 atom stereocenters. The van der Waals surface area contributed by atoms with Crippen LogP contribution in [0.4, 0.5) is 13.2 Å². The standard InChI is InChI=1S/C15H16F3NO/c1-9-2-4-15(8-19,5-3-9)14(20)10-6-12(17)13(18)7-11(10)16/h6-7,9,14,20H,2-5H2,1H3. The average Bonchev–Trinajstić information content (AvgIpc) is 2.43. The molecule has 1 unspecified atom stereocenters. The molecule has 1 aromatic carbocycles. The molecule has 5 heteroatoms. The fourth-order valence-corrected chi connectivity index (χ4v) is 2.77. The topological polar surface area (TPSA) is 44.0 Å². The molecular formula is C15H16F3NO. The van der Waals surface area contributed by atoms with Crippen molar-refractivity contribution in [3.63, 3.8) is 0 Å². The van der Waals surface area contributed by atoms with Crippen molar-refractivity contribution in [1.82, 2.24) is 0 Å². The summed E-state index contributed by atoms with van der Waals surface area (Å²) in [6.07, 6.45) is 0.885. The lowest BCUT2D eigenvalue weighted by atomic mass is 9.67. The van der Waals surface area contributed by atoms with Crippen LogP contribution in [0.1, 0.15) is 44.3 Å². The summed E-state index contributed by atoms with van der Waals surface area (Å²) in [5, 5.41) is 19.7. The Bertz CT molecular complexity index is 545. The number of hydrogen-bond donors (Lipinski definition) is 1. The first-order valence-corrected chi connectivity index (χ1v) is 6.63. The molecule has 0 aliphatic heterocycles. The van der Waals surface area contributed by atoms with Gasteiger partial charge in [-0.2, -0.15) is 5.26 Å². The molecule has 1 aromatic rings. The van der Waals surface area contributed by atoms with E-state index in [-0.39, 0.29) is 5.56 Å². The van der Waals surface area contributed by atoms with E-state index in [4.69, 9.17) is 0 Å². The first-order valence-electron chi connectivity index (χ1n) is 6.63. The third-order valence-electron chi connectivity index (χ3n) is 4.25. The van der Waals surface area contributed by atoms with E-state index in [2.05, 4.69) is 6.07 Å². The Kier molecular flexibility index (Phi) is 4.05. The van der Waals surface area contributed by atoms with E-state index >= 15 is 0 Å². The van der Waals surface area contributed by atoms with Crippen LogP contribution in [0.3, 0.4) is 0 Å². The maximum absolute atomic E-state index is 13.7. The summed E-state index contributed by atoms with van der Waals surface area (Å²) in [4.78, 5) is 0. The molecule has 0 saturated heterocycles. The predicted octanol–water partition coefficient (Wildman–Crippen LogP) is 3.86. The predicted molar refractivity (Wildman–Crippen MR) is 67.0 cm³/mol. The Labute approximate surface area is 115 Å². The van der Waals surface area contributed by atoms with E-state index in [0.717, 1.165) is 12.8 Å². The van der Waals surface area contributed by atoms with Crippen LogP contribution in [-0.4, -0.2) is 5.11 Å². The van der Waals surface area contributed by atoms with Crippen LogP contribution in [0.2, 0.25) is 0 Å². The molecule has 1 saturated carbocycles. The molecule has 0 aromatic heterocycles. The molecule has 2 rings (SSSR count). The van der Waals surface area contributed by atoms with E-state index in [9.17, 15) is 23.5 Å². The fourth-order valence-electron chi connectivity index (χ4n) is 2.77. The highest BCUT2D eigenvalue weighted by atomic mass is 19.2. The lowest BCUT2D eigenvalue weighted by molar-refractivity contribution is 0.0239. The van der Waals surface area contributed by atoms with Gasteiger partial charge in [0.15, 0.2) is 11.6 Å². The highest BCUT2D eigenvalue weighted by Crippen LogP contribution is 2.47. The molecule has 0 radical (unpaired) electrons. The van der Waals surface area contributed by atoms with Gasteiger partial charge in [-0.1, -0.05) is 6.92 Å². The second-order valence-corrected chi connectivity index (χ2v) is 5.64. The molecule has 0 heterocycles. The van der Waals surface area contributed by atoms with Crippen molar-refractivity contribution in [2.45, 2.75) is 38.7 Å². The third-order valence-corrected chi connectivity index (χ3v) is 4.25. The van der Waals surface area contributed by atoms with Gasteiger partial charge in [0, 0.05) is 11.6 Å². The van der Waals surface area contributed by atoms with Gasteiger partial charge in [0.1, 0.15) is 11.9 Å². The van der Waals surface area contributed by atoms with Gasteiger partial charge in [-0.3, -0.25) is 0 Å². The lowest BCUT2D eigenvalue weighted by Crippen LogP contribution is -2.32. The number of halogens is 3. The minimum atomic E-state index is -1.45. The van der Waals surface area contributed by atoms with Crippen molar-refractivity contribution >= 4 is 0 Å². The van der Waals surface area contributed by atoms with Crippen LogP contribution < -0.4 is 0 Å². The van der Waals surface area contributed by atoms with E-state index < -0.39 is 29.0 Å². The maximum atomic E-state index is 13.7. The zero-order chi connectivity index (χ0) is 14.9. The largest absolute Gasteiger partial charge is 0.387 e. The number of rotatable bonds is 2. The smallest absolute Gasteiger partial charge is 0.161 e. The van der Waals surface area contributed by atoms with Gasteiger partial charge in [0.25, 0.3) is 0 Å². The Morgan fingerprint density at radius 2 is 1.75 bits per heavy atom. The van der Waals surface area contributed by atoms with Gasteiger partial charge in [-0.15, -0.1) is 0 Å². The normalized spacial score (nSPS) is 27.9. The molecule has 0 spiro atoms. The van der Waals surface area contributed by atoms with E-state index in [1.807, 2.05) is 6.92 Å². The van der Waals surface area contributed by atoms with Crippen LogP contribution in [-0.2, 0) is 0 Å². The Morgan fingerprint density at radius 1 is 1.20 bits per heavy atom. The van der Waals surface area contributed by atoms with Crippen molar-refractivity contribution < 1.29 is 18.3 Å². The van der Waals surface area contributed by atoms with Crippen LogP contribution in [0.5, 0.6) is 0 Å². The van der Waals surface area contributed by atoms with Crippen LogP contribution in [0.15, 0.2) is 12.1 Å². The van der Waals surface area contributed by atoms with Crippen molar-refractivity contribution in [2.24, 2.45) is 11.3 Å². The summed E-state index contributed by atoms with van der Waals surface area (Å²) in [5.41, 5.74) is -1.47. The van der Waals surface area contributed by atoms with Crippen molar-refractivity contribution in [1.29, 1.82) is 5.26 Å². The SMILES string of the molecule is CC1CCC(C#N)(C(O)c2cc(F)c(F)cc2F)CC1. The number of hydrogen-bond acceptors (Lipinski definition) is 2. The van der Waals surface area contributed by atoms with Gasteiger partial charge in [0.05, 0.1) is 11.5 Å².